The van der Waals surface area contributed by atoms with Crippen LogP contribution in [-0.2, 0) is 25.5 Å². The van der Waals surface area contributed by atoms with Gasteiger partial charge in [0.15, 0.2) is 0 Å². The number of fused-ring (bicyclic) bond motifs is 1. The fraction of sp³-hybridized carbons (Fsp3) is 0.469. The number of anilines is 1. The Morgan fingerprint density at radius 1 is 1.12 bits per heavy atom. The van der Waals surface area contributed by atoms with Gasteiger partial charge in [0, 0.05) is 29.4 Å². The standard InChI is InChI=1S/C32H36ClN3O5/c1-19-8-3-6-13-24(19)35-30(38)28-32-16-14-25(41-32)26(29(37)34-21-10-7-11-22(18-21)40-2)27(32)31(39)36(28)17-15-20-9-4-5-12-23(20)33/h4-5,7,9-12,14,16,18-19,24-28H,3,6,8,13,15,17H2,1-2H3,(H,34,37)(H,35,38). The van der Waals surface area contributed by atoms with Gasteiger partial charge in [-0.1, -0.05) is 67.8 Å². The fourth-order valence-electron chi connectivity index (χ4n) is 7.17. The van der Waals surface area contributed by atoms with Crippen LogP contribution >= 0.6 is 11.6 Å². The van der Waals surface area contributed by atoms with Crippen LogP contribution in [0.4, 0.5) is 5.69 Å². The summed E-state index contributed by atoms with van der Waals surface area (Å²) in [7, 11) is 1.56. The summed E-state index contributed by atoms with van der Waals surface area (Å²) in [6.07, 6.45) is 7.75. The van der Waals surface area contributed by atoms with Gasteiger partial charge in [-0.15, -0.1) is 0 Å². The van der Waals surface area contributed by atoms with Crippen molar-refractivity contribution in [3.63, 3.8) is 0 Å². The number of hydrogen-bond acceptors (Lipinski definition) is 5. The number of benzene rings is 2. The van der Waals surface area contributed by atoms with Crippen LogP contribution in [0, 0.1) is 17.8 Å². The smallest absolute Gasteiger partial charge is 0.246 e. The lowest BCUT2D eigenvalue weighted by Gasteiger charge is -2.36. The highest BCUT2D eigenvalue weighted by Gasteiger charge is 2.72. The molecule has 2 bridgehead atoms. The Hall–Kier alpha value is -3.36. The molecule has 7 atom stereocenters. The second kappa shape index (κ2) is 11.1. The Morgan fingerprint density at radius 3 is 2.71 bits per heavy atom. The first-order valence-corrected chi connectivity index (χ1v) is 14.9. The second-order valence-electron chi connectivity index (χ2n) is 11.7. The molecule has 1 aliphatic carbocycles. The number of amides is 3. The third kappa shape index (κ3) is 4.91. The molecule has 2 N–H and O–H groups in total. The van der Waals surface area contributed by atoms with Gasteiger partial charge in [0.1, 0.15) is 17.4 Å². The highest BCUT2D eigenvalue weighted by atomic mass is 35.5. The maximum absolute atomic E-state index is 14.2. The zero-order chi connectivity index (χ0) is 28.7. The molecule has 0 radical (unpaired) electrons. The molecule has 3 amide bonds. The molecule has 9 heteroatoms. The average Bonchev–Trinajstić information content (AvgIpc) is 3.61. The minimum absolute atomic E-state index is 0.0435. The van der Waals surface area contributed by atoms with Crippen LogP contribution in [0.3, 0.4) is 0 Å². The van der Waals surface area contributed by atoms with Gasteiger partial charge < -0.3 is 25.0 Å². The maximum Gasteiger partial charge on any atom is 0.246 e. The molecule has 41 heavy (non-hydrogen) atoms. The largest absolute Gasteiger partial charge is 0.497 e. The van der Waals surface area contributed by atoms with Crippen molar-refractivity contribution in [2.45, 2.75) is 62.8 Å². The molecular formula is C32H36ClN3O5. The number of carbonyl (C=O) groups is 3. The van der Waals surface area contributed by atoms with Gasteiger partial charge in [-0.05, 0) is 48.9 Å². The van der Waals surface area contributed by atoms with Crippen molar-refractivity contribution in [1.82, 2.24) is 10.2 Å². The SMILES string of the molecule is COc1cccc(NC(=O)C2C3C=CC4(O3)C2C(=O)N(CCc2ccccc2Cl)C4C(=O)NC2CCCCC2C)c1. The summed E-state index contributed by atoms with van der Waals surface area (Å²) >= 11 is 6.43. The summed E-state index contributed by atoms with van der Waals surface area (Å²) in [5.41, 5.74) is 0.252. The average molecular weight is 578 g/mol. The Bertz CT molecular complexity index is 1380. The first-order valence-electron chi connectivity index (χ1n) is 14.5. The predicted molar refractivity (Wildman–Crippen MR) is 156 cm³/mol. The topological polar surface area (TPSA) is 97.0 Å². The van der Waals surface area contributed by atoms with Gasteiger partial charge in [0.2, 0.25) is 17.7 Å². The number of nitrogens with one attached hydrogen (secondary N) is 2. The van der Waals surface area contributed by atoms with Crippen molar-refractivity contribution >= 4 is 35.0 Å². The van der Waals surface area contributed by atoms with Crippen LogP contribution in [0.5, 0.6) is 5.75 Å². The van der Waals surface area contributed by atoms with E-state index in [2.05, 4.69) is 17.6 Å². The lowest BCUT2D eigenvalue weighted by atomic mass is 9.74. The minimum atomic E-state index is -1.21. The summed E-state index contributed by atoms with van der Waals surface area (Å²) in [5, 5.41) is 6.83. The van der Waals surface area contributed by atoms with Gasteiger partial charge in [0.25, 0.3) is 0 Å². The summed E-state index contributed by atoms with van der Waals surface area (Å²) < 4.78 is 11.8. The number of ether oxygens (including phenoxy) is 2. The molecule has 0 aromatic heterocycles. The summed E-state index contributed by atoms with van der Waals surface area (Å²) in [5.74, 6) is -1.40. The van der Waals surface area contributed by atoms with Gasteiger partial charge in [-0.3, -0.25) is 14.4 Å². The first-order chi connectivity index (χ1) is 19.8. The van der Waals surface area contributed by atoms with Gasteiger partial charge in [-0.2, -0.15) is 0 Å². The lowest BCUT2D eigenvalue weighted by Crippen LogP contribution is -2.57. The van der Waals surface area contributed by atoms with E-state index in [1.54, 1.807) is 36.3 Å². The van der Waals surface area contributed by atoms with Crippen LogP contribution in [0.2, 0.25) is 5.02 Å². The molecule has 1 saturated carbocycles. The van der Waals surface area contributed by atoms with Crippen molar-refractivity contribution in [3.8, 4) is 5.75 Å². The molecule has 1 spiro atoms. The molecule has 3 fully saturated rings. The van der Waals surface area contributed by atoms with E-state index < -0.39 is 29.6 Å². The number of rotatable bonds is 8. The molecule has 3 heterocycles. The zero-order valence-electron chi connectivity index (χ0n) is 23.3. The van der Waals surface area contributed by atoms with E-state index in [4.69, 9.17) is 21.1 Å². The first kappa shape index (κ1) is 27.8. The molecule has 8 nitrogen and oxygen atoms in total. The van der Waals surface area contributed by atoms with Crippen LogP contribution in [0.15, 0.2) is 60.7 Å². The van der Waals surface area contributed by atoms with E-state index in [1.165, 1.54) is 0 Å². The van der Waals surface area contributed by atoms with E-state index in [9.17, 15) is 14.4 Å². The van der Waals surface area contributed by atoms with E-state index >= 15 is 0 Å². The second-order valence-corrected chi connectivity index (χ2v) is 12.1. The molecule has 2 saturated heterocycles. The van der Waals surface area contributed by atoms with Crippen molar-refractivity contribution < 1.29 is 23.9 Å². The van der Waals surface area contributed by atoms with Gasteiger partial charge in [0.05, 0.1) is 25.0 Å². The van der Waals surface area contributed by atoms with Crippen molar-refractivity contribution in [1.29, 1.82) is 0 Å². The van der Waals surface area contributed by atoms with Gasteiger partial charge >= 0.3 is 0 Å². The maximum atomic E-state index is 14.2. The summed E-state index contributed by atoms with van der Waals surface area (Å²) in [6, 6.07) is 13.7. The number of methoxy groups -OCH3 is 1. The van der Waals surface area contributed by atoms with Crippen molar-refractivity contribution in [2.24, 2.45) is 17.8 Å². The molecule has 2 aromatic carbocycles. The van der Waals surface area contributed by atoms with Crippen LogP contribution in [0.25, 0.3) is 0 Å². The van der Waals surface area contributed by atoms with E-state index in [-0.39, 0.29) is 30.3 Å². The van der Waals surface area contributed by atoms with Crippen LogP contribution in [0.1, 0.15) is 38.2 Å². The monoisotopic (exact) mass is 577 g/mol. The summed E-state index contributed by atoms with van der Waals surface area (Å²) in [6.45, 7) is 2.45. The fourth-order valence-corrected chi connectivity index (χ4v) is 7.40. The Labute approximate surface area is 245 Å². The molecule has 216 valence electrons. The summed E-state index contributed by atoms with van der Waals surface area (Å²) in [4.78, 5) is 43.6. The third-order valence-corrected chi connectivity index (χ3v) is 9.65. The van der Waals surface area contributed by atoms with E-state index in [0.717, 1.165) is 31.2 Å². The molecule has 4 aliphatic rings. The molecular weight excluding hydrogens is 542 g/mol. The normalized spacial score (nSPS) is 31.7. The lowest BCUT2D eigenvalue weighted by molar-refractivity contribution is -0.141. The number of hydrogen-bond donors (Lipinski definition) is 2. The number of likely N-dealkylation sites (tertiary alicyclic amines) is 1. The van der Waals surface area contributed by atoms with E-state index in [1.807, 2.05) is 36.4 Å². The van der Waals surface area contributed by atoms with Crippen molar-refractivity contribution in [3.05, 3.63) is 71.3 Å². The Morgan fingerprint density at radius 2 is 1.93 bits per heavy atom. The molecule has 2 aromatic rings. The third-order valence-electron chi connectivity index (χ3n) is 9.28. The number of carbonyl (C=O) groups excluding carboxylic acids is 3. The highest BCUT2D eigenvalue weighted by Crippen LogP contribution is 2.55. The quantitative estimate of drug-likeness (QED) is 0.454. The van der Waals surface area contributed by atoms with Crippen LogP contribution in [-0.4, -0.2) is 60.1 Å². The molecule has 7 unspecified atom stereocenters. The molecule has 6 rings (SSSR count). The van der Waals surface area contributed by atoms with Crippen molar-refractivity contribution in [2.75, 3.05) is 19.0 Å². The Balaban J connectivity index is 1.30. The number of nitrogens with zero attached hydrogens (tertiary/aromatic N) is 1. The van der Waals surface area contributed by atoms with E-state index in [0.29, 0.717) is 28.8 Å². The minimum Gasteiger partial charge on any atom is -0.497 e. The zero-order valence-corrected chi connectivity index (χ0v) is 24.1. The Kier molecular flexibility index (Phi) is 7.55. The van der Waals surface area contributed by atoms with Crippen LogP contribution < -0.4 is 15.4 Å². The highest BCUT2D eigenvalue weighted by molar-refractivity contribution is 6.31. The predicted octanol–water partition coefficient (Wildman–Crippen LogP) is 4.38. The molecule has 3 aliphatic heterocycles. The van der Waals surface area contributed by atoms with Gasteiger partial charge in [-0.25, -0.2) is 0 Å². The number of halogens is 1.